The van der Waals surface area contributed by atoms with Gasteiger partial charge in [0.2, 0.25) is 0 Å². The second kappa shape index (κ2) is 3.03. The van der Waals surface area contributed by atoms with Crippen LogP contribution in [-0.4, -0.2) is 15.0 Å². The van der Waals surface area contributed by atoms with Crippen molar-refractivity contribution in [2.75, 3.05) is 0 Å². The lowest BCUT2D eigenvalue weighted by Gasteiger charge is -2.03. The van der Waals surface area contributed by atoms with Crippen LogP contribution in [0.15, 0.2) is 5.51 Å². The van der Waals surface area contributed by atoms with Crippen LogP contribution in [0.2, 0.25) is 0 Å². The lowest BCUT2D eigenvalue weighted by Crippen LogP contribution is -1.99. The van der Waals surface area contributed by atoms with Crippen LogP contribution in [0, 0.1) is 6.92 Å². The zero-order chi connectivity index (χ0) is 9.42. The molecule has 0 amide bonds. The molecule has 2 aromatic rings. The fourth-order valence-corrected chi connectivity index (χ4v) is 1.86. The largest absolute Gasteiger partial charge is 0.236 e. The first-order chi connectivity index (χ1) is 6.18. The minimum atomic E-state index is 0.366. The molecule has 13 heavy (non-hydrogen) atoms. The molecular formula is C9H11N3S. The highest BCUT2D eigenvalue weighted by Crippen LogP contribution is 2.20. The van der Waals surface area contributed by atoms with Crippen LogP contribution in [0.5, 0.6) is 0 Å². The number of aryl methyl sites for hydroxylation is 1. The van der Waals surface area contributed by atoms with Gasteiger partial charge in [-0.15, -0.1) is 11.3 Å². The second-order valence-electron chi connectivity index (χ2n) is 3.33. The van der Waals surface area contributed by atoms with Crippen LogP contribution in [0.1, 0.15) is 31.3 Å². The maximum atomic E-state index is 4.43. The number of rotatable bonds is 1. The van der Waals surface area contributed by atoms with Crippen molar-refractivity contribution in [1.82, 2.24) is 15.0 Å². The van der Waals surface area contributed by atoms with E-state index in [9.17, 15) is 0 Å². The number of fused-ring (bicyclic) bond motifs is 1. The van der Waals surface area contributed by atoms with Crippen molar-refractivity contribution >= 4 is 21.7 Å². The molecule has 0 fully saturated rings. The summed E-state index contributed by atoms with van der Waals surface area (Å²) < 4.78 is 1.10. The maximum absolute atomic E-state index is 4.43. The lowest BCUT2D eigenvalue weighted by atomic mass is 10.2. The van der Waals surface area contributed by atoms with Gasteiger partial charge in [0.05, 0.1) is 15.9 Å². The molecule has 0 aliphatic heterocycles. The molecule has 0 spiro atoms. The topological polar surface area (TPSA) is 38.7 Å². The Balaban J connectivity index is 2.70. The van der Waals surface area contributed by atoms with Gasteiger partial charge in [-0.05, 0) is 6.92 Å². The third-order valence-corrected chi connectivity index (χ3v) is 2.82. The van der Waals surface area contributed by atoms with Gasteiger partial charge in [-0.2, -0.15) is 0 Å². The van der Waals surface area contributed by atoms with Gasteiger partial charge in [-0.1, -0.05) is 13.8 Å². The molecule has 2 heterocycles. The van der Waals surface area contributed by atoms with Crippen LogP contribution in [0.25, 0.3) is 10.3 Å². The summed E-state index contributed by atoms with van der Waals surface area (Å²) in [4.78, 5) is 13.0. The third-order valence-electron chi connectivity index (χ3n) is 1.90. The van der Waals surface area contributed by atoms with Gasteiger partial charge in [-0.3, -0.25) is 0 Å². The first kappa shape index (κ1) is 8.56. The molecule has 0 unspecified atom stereocenters. The molecule has 4 heteroatoms. The summed E-state index contributed by atoms with van der Waals surface area (Å²) in [7, 11) is 0. The van der Waals surface area contributed by atoms with Crippen molar-refractivity contribution in [3.8, 4) is 0 Å². The monoisotopic (exact) mass is 193 g/mol. The van der Waals surface area contributed by atoms with Crippen molar-refractivity contribution in [3.63, 3.8) is 0 Å². The molecule has 2 rings (SSSR count). The first-order valence-corrected chi connectivity index (χ1v) is 5.14. The molecule has 0 N–H and O–H groups in total. The van der Waals surface area contributed by atoms with Crippen molar-refractivity contribution < 1.29 is 0 Å². The Morgan fingerprint density at radius 2 is 2.08 bits per heavy atom. The molecule has 2 aromatic heterocycles. The summed E-state index contributed by atoms with van der Waals surface area (Å²) in [6, 6.07) is 0. The van der Waals surface area contributed by atoms with E-state index >= 15 is 0 Å². The quantitative estimate of drug-likeness (QED) is 0.698. The summed E-state index contributed by atoms with van der Waals surface area (Å²) in [5, 5.41) is 0. The molecular weight excluding hydrogens is 182 g/mol. The molecule has 0 aliphatic carbocycles. The number of nitrogens with zero attached hydrogens (tertiary/aromatic N) is 3. The molecule has 0 aromatic carbocycles. The van der Waals surface area contributed by atoms with Crippen LogP contribution in [-0.2, 0) is 0 Å². The zero-order valence-electron chi connectivity index (χ0n) is 7.90. The highest BCUT2D eigenvalue weighted by Gasteiger charge is 2.08. The minimum absolute atomic E-state index is 0.366. The van der Waals surface area contributed by atoms with E-state index in [2.05, 4.69) is 28.8 Å². The Kier molecular flexibility index (Phi) is 2.00. The van der Waals surface area contributed by atoms with E-state index < -0.39 is 0 Å². The fraction of sp³-hybridized carbons (Fsp3) is 0.444. The Hall–Kier alpha value is -1.03. The second-order valence-corrected chi connectivity index (χ2v) is 4.18. The van der Waals surface area contributed by atoms with Crippen molar-refractivity contribution in [2.45, 2.75) is 26.7 Å². The summed E-state index contributed by atoms with van der Waals surface area (Å²) in [6.45, 7) is 6.19. The predicted octanol–water partition coefficient (Wildman–Crippen LogP) is 2.52. The molecule has 0 bridgehead atoms. The average molecular weight is 193 g/mol. The van der Waals surface area contributed by atoms with Crippen molar-refractivity contribution in [2.24, 2.45) is 0 Å². The third kappa shape index (κ3) is 1.42. The zero-order valence-corrected chi connectivity index (χ0v) is 8.72. The SMILES string of the molecule is Cc1nc(C(C)C)nc2ncsc12. The molecule has 3 nitrogen and oxygen atoms in total. The van der Waals surface area contributed by atoms with E-state index in [1.807, 2.05) is 12.4 Å². The Morgan fingerprint density at radius 1 is 1.31 bits per heavy atom. The highest BCUT2D eigenvalue weighted by atomic mass is 32.1. The van der Waals surface area contributed by atoms with E-state index in [1.54, 1.807) is 11.3 Å². The van der Waals surface area contributed by atoms with Crippen LogP contribution in [0.4, 0.5) is 0 Å². The Labute approximate surface area is 80.9 Å². The summed E-state index contributed by atoms with van der Waals surface area (Å²) in [5.74, 6) is 1.25. The van der Waals surface area contributed by atoms with Crippen molar-refractivity contribution in [1.29, 1.82) is 0 Å². The van der Waals surface area contributed by atoms with Crippen LogP contribution in [0.3, 0.4) is 0 Å². The average Bonchev–Trinajstić information content (AvgIpc) is 2.51. The Bertz CT molecular complexity index is 433. The van der Waals surface area contributed by atoms with Gasteiger partial charge >= 0.3 is 0 Å². The smallest absolute Gasteiger partial charge is 0.174 e. The standard InChI is InChI=1S/C9H11N3S/c1-5(2)8-11-6(3)7-9(12-8)10-4-13-7/h4-5H,1-3H3. The molecule has 0 aliphatic rings. The molecule has 0 saturated heterocycles. The van der Waals surface area contributed by atoms with E-state index in [0.29, 0.717) is 5.92 Å². The lowest BCUT2D eigenvalue weighted by molar-refractivity contribution is 0.775. The maximum Gasteiger partial charge on any atom is 0.174 e. The predicted molar refractivity (Wildman–Crippen MR) is 54.0 cm³/mol. The van der Waals surface area contributed by atoms with Crippen LogP contribution >= 0.6 is 11.3 Å². The normalized spacial score (nSPS) is 11.4. The van der Waals surface area contributed by atoms with Gasteiger partial charge in [-0.25, -0.2) is 15.0 Å². The number of aromatic nitrogens is 3. The van der Waals surface area contributed by atoms with Gasteiger partial charge in [0.15, 0.2) is 5.65 Å². The van der Waals surface area contributed by atoms with Crippen LogP contribution < -0.4 is 0 Å². The number of thiazole rings is 1. The molecule has 68 valence electrons. The van der Waals surface area contributed by atoms with Gasteiger partial charge < -0.3 is 0 Å². The minimum Gasteiger partial charge on any atom is -0.236 e. The summed E-state index contributed by atoms with van der Waals surface area (Å²) >= 11 is 1.60. The summed E-state index contributed by atoms with van der Waals surface area (Å²) in [6.07, 6.45) is 0. The first-order valence-electron chi connectivity index (χ1n) is 4.26. The van der Waals surface area contributed by atoms with Gasteiger partial charge in [0.25, 0.3) is 0 Å². The van der Waals surface area contributed by atoms with E-state index in [1.165, 1.54) is 0 Å². The van der Waals surface area contributed by atoms with Gasteiger partial charge in [0.1, 0.15) is 5.82 Å². The van der Waals surface area contributed by atoms with Gasteiger partial charge in [0, 0.05) is 5.92 Å². The fourth-order valence-electron chi connectivity index (χ4n) is 1.18. The van der Waals surface area contributed by atoms with E-state index in [0.717, 1.165) is 21.9 Å². The van der Waals surface area contributed by atoms with Crippen molar-refractivity contribution in [3.05, 3.63) is 17.0 Å². The molecule has 0 radical (unpaired) electrons. The molecule has 0 saturated carbocycles. The molecule has 0 atom stereocenters. The summed E-state index contributed by atoms with van der Waals surface area (Å²) in [5.41, 5.74) is 3.69. The highest BCUT2D eigenvalue weighted by molar-refractivity contribution is 7.16. The number of hydrogen-bond donors (Lipinski definition) is 0. The Morgan fingerprint density at radius 3 is 2.77 bits per heavy atom. The van der Waals surface area contributed by atoms with E-state index in [-0.39, 0.29) is 0 Å². The number of hydrogen-bond acceptors (Lipinski definition) is 4. The van der Waals surface area contributed by atoms with E-state index in [4.69, 9.17) is 0 Å².